The lowest BCUT2D eigenvalue weighted by Crippen LogP contribution is -2.14. The number of nitrogens with one attached hydrogen (secondary N) is 1. The third-order valence-electron chi connectivity index (χ3n) is 3.52. The van der Waals surface area contributed by atoms with Gasteiger partial charge in [0.15, 0.2) is 0 Å². The van der Waals surface area contributed by atoms with Gasteiger partial charge in [0.2, 0.25) is 0 Å². The van der Waals surface area contributed by atoms with E-state index < -0.39 is 0 Å². The van der Waals surface area contributed by atoms with E-state index in [1.807, 2.05) is 0 Å². The number of rotatable bonds is 6. The SMILES string of the molecule is CCNCCCc1ccc2c(c1)nc(C)n2C(C)C. The average Bonchev–Trinajstić information content (AvgIpc) is 2.69. The van der Waals surface area contributed by atoms with Crippen LogP contribution >= 0.6 is 0 Å². The van der Waals surface area contributed by atoms with Gasteiger partial charge in [0, 0.05) is 6.04 Å². The van der Waals surface area contributed by atoms with Crippen LogP contribution in [0.1, 0.15) is 44.6 Å². The van der Waals surface area contributed by atoms with Gasteiger partial charge in [0.25, 0.3) is 0 Å². The smallest absolute Gasteiger partial charge is 0.106 e. The normalized spacial score (nSPS) is 11.6. The van der Waals surface area contributed by atoms with Crippen molar-refractivity contribution in [3.8, 4) is 0 Å². The molecule has 104 valence electrons. The summed E-state index contributed by atoms with van der Waals surface area (Å²) >= 11 is 0. The molecule has 1 aromatic carbocycles. The maximum atomic E-state index is 4.69. The van der Waals surface area contributed by atoms with Crippen LogP contribution in [-0.4, -0.2) is 22.6 Å². The lowest BCUT2D eigenvalue weighted by atomic mass is 10.1. The van der Waals surface area contributed by atoms with Crippen LogP contribution in [0.2, 0.25) is 0 Å². The highest BCUT2D eigenvalue weighted by molar-refractivity contribution is 5.77. The van der Waals surface area contributed by atoms with Gasteiger partial charge in [-0.25, -0.2) is 4.98 Å². The van der Waals surface area contributed by atoms with Gasteiger partial charge in [0.1, 0.15) is 5.82 Å². The number of imidazole rings is 1. The van der Waals surface area contributed by atoms with Crippen molar-refractivity contribution in [2.75, 3.05) is 13.1 Å². The second kappa shape index (κ2) is 6.20. The monoisotopic (exact) mass is 259 g/mol. The molecular weight excluding hydrogens is 234 g/mol. The van der Waals surface area contributed by atoms with E-state index in [0.717, 1.165) is 30.9 Å². The summed E-state index contributed by atoms with van der Waals surface area (Å²) in [5.74, 6) is 1.11. The zero-order chi connectivity index (χ0) is 13.8. The summed E-state index contributed by atoms with van der Waals surface area (Å²) in [6.45, 7) is 10.8. The van der Waals surface area contributed by atoms with Crippen molar-refractivity contribution >= 4 is 11.0 Å². The Morgan fingerprint density at radius 1 is 1.32 bits per heavy atom. The Labute approximate surface area is 116 Å². The minimum Gasteiger partial charge on any atom is -0.326 e. The van der Waals surface area contributed by atoms with Gasteiger partial charge in [-0.05, 0) is 64.4 Å². The minimum atomic E-state index is 0.463. The van der Waals surface area contributed by atoms with E-state index in [1.165, 1.54) is 17.5 Å². The highest BCUT2D eigenvalue weighted by Gasteiger charge is 2.10. The third-order valence-corrected chi connectivity index (χ3v) is 3.52. The van der Waals surface area contributed by atoms with E-state index in [-0.39, 0.29) is 0 Å². The maximum absolute atomic E-state index is 4.69. The molecule has 0 saturated heterocycles. The van der Waals surface area contributed by atoms with Crippen molar-refractivity contribution in [2.24, 2.45) is 0 Å². The summed E-state index contributed by atoms with van der Waals surface area (Å²) in [6, 6.07) is 7.17. The number of benzene rings is 1. The molecule has 0 aliphatic heterocycles. The number of hydrogen-bond acceptors (Lipinski definition) is 2. The first kappa shape index (κ1) is 14.1. The molecule has 1 heterocycles. The Morgan fingerprint density at radius 2 is 2.11 bits per heavy atom. The Hall–Kier alpha value is -1.35. The lowest BCUT2D eigenvalue weighted by Gasteiger charge is -2.10. The van der Waals surface area contributed by atoms with E-state index in [9.17, 15) is 0 Å². The first-order valence-corrected chi connectivity index (χ1v) is 7.31. The topological polar surface area (TPSA) is 29.9 Å². The second-order valence-corrected chi connectivity index (χ2v) is 5.40. The van der Waals surface area contributed by atoms with Crippen LogP contribution in [0.25, 0.3) is 11.0 Å². The van der Waals surface area contributed by atoms with Crippen LogP contribution in [0.15, 0.2) is 18.2 Å². The quantitative estimate of drug-likeness (QED) is 0.805. The number of fused-ring (bicyclic) bond motifs is 1. The molecular formula is C16H25N3. The molecule has 3 heteroatoms. The van der Waals surface area contributed by atoms with Crippen molar-refractivity contribution in [3.63, 3.8) is 0 Å². The van der Waals surface area contributed by atoms with Gasteiger partial charge in [-0.2, -0.15) is 0 Å². The largest absolute Gasteiger partial charge is 0.326 e. The Balaban J connectivity index is 2.17. The second-order valence-electron chi connectivity index (χ2n) is 5.40. The zero-order valence-electron chi connectivity index (χ0n) is 12.5. The van der Waals surface area contributed by atoms with E-state index in [4.69, 9.17) is 0 Å². The molecule has 2 rings (SSSR count). The van der Waals surface area contributed by atoms with Gasteiger partial charge in [-0.3, -0.25) is 0 Å². The molecule has 3 nitrogen and oxygen atoms in total. The number of nitrogens with zero attached hydrogens (tertiary/aromatic N) is 2. The summed E-state index contributed by atoms with van der Waals surface area (Å²) in [7, 11) is 0. The minimum absolute atomic E-state index is 0.463. The predicted molar refractivity (Wildman–Crippen MR) is 81.7 cm³/mol. The standard InChI is InChI=1S/C16H25N3/c1-5-17-10-6-7-14-8-9-16-15(11-14)18-13(4)19(16)12(2)3/h8-9,11-12,17H,5-7,10H2,1-4H3. The van der Waals surface area contributed by atoms with Crippen molar-refractivity contribution < 1.29 is 0 Å². The van der Waals surface area contributed by atoms with Crippen molar-refractivity contribution in [1.29, 1.82) is 0 Å². The van der Waals surface area contributed by atoms with Crippen LogP contribution in [0.4, 0.5) is 0 Å². The van der Waals surface area contributed by atoms with Crippen molar-refractivity contribution in [2.45, 2.75) is 46.6 Å². The van der Waals surface area contributed by atoms with Crippen LogP contribution in [-0.2, 0) is 6.42 Å². The first-order valence-electron chi connectivity index (χ1n) is 7.31. The van der Waals surface area contributed by atoms with E-state index in [2.05, 4.69) is 60.8 Å². The molecule has 0 bridgehead atoms. The maximum Gasteiger partial charge on any atom is 0.106 e. The molecule has 0 aliphatic carbocycles. The number of hydrogen-bond donors (Lipinski definition) is 1. The first-order chi connectivity index (χ1) is 9.13. The van der Waals surface area contributed by atoms with E-state index in [0.29, 0.717) is 6.04 Å². The molecule has 0 unspecified atom stereocenters. The van der Waals surface area contributed by atoms with Gasteiger partial charge in [-0.15, -0.1) is 0 Å². The molecule has 1 aromatic heterocycles. The highest BCUT2D eigenvalue weighted by atomic mass is 15.1. The van der Waals surface area contributed by atoms with E-state index in [1.54, 1.807) is 0 Å². The third kappa shape index (κ3) is 3.16. The molecule has 2 aromatic rings. The lowest BCUT2D eigenvalue weighted by molar-refractivity contribution is 0.600. The van der Waals surface area contributed by atoms with E-state index >= 15 is 0 Å². The van der Waals surface area contributed by atoms with Gasteiger partial charge < -0.3 is 9.88 Å². The molecule has 0 spiro atoms. The van der Waals surface area contributed by atoms with Gasteiger partial charge in [0.05, 0.1) is 11.0 Å². The van der Waals surface area contributed by atoms with Gasteiger partial charge >= 0.3 is 0 Å². The van der Waals surface area contributed by atoms with Crippen LogP contribution in [0, 0.1) is 6.92 Å². The molecule has 19 heavy (non-hydrogen) atoms. The average molecular weight is 259 g/mol. The summed E-state index contributed by atoms with van der Waals surface area (Å²) < 4.78 is 2.30. The Morgan fingerprint density at radius 3 is 2.79 bits per heavy atom. The van der Waals surface area contributed by atoms with Gasteiger partial charge in [-0.1, -0.05) is 13.0 Å². The van der Waals surface area contributed by atoms with Crippen molar-refractivity contribution in [3.05, 3.63) is 29.6 Å². The zero-order valence-corrected chi connectivity index (χ0v) is 12.5. The Bertz CT molecular complexity index is 540. The highest BCUT2D eigenvalue weighted by Crippen LogP contribution is 2.22. The molecule has 0 amide bonds. The molecule has 0 radical (unpaired) electrons. The van der Waals surface area contributed by atoms with Crippen LogP contribution in [0.5, 0.6) is 0 Å². The summed E-state index contributed by atoms with van der Waals surface area (Å²) in [4.78, 5) is 4.69. The number of aromatic nitrogens is 2. The molecule has 0 aliphatic rings. The molecule has 0 saturated carbocycles. The van der Waals surface area contributed by atoms with Crippen LogP contribution in [0.3, 0.4) is 0 Å². The fourth-order valence-electron chi connectivity index (χ4n) is 2.67. The Kier molecular flexibility index (Phi) is 4.59. The van der Waals surface area contributed by atoms with Crippen molar-refractivity contribution in [1.82, 2.24) is 14.9 Å². The molecule has 1 N–H and O–H groups in total. The molecule has 0 fully saturated rings. The summed E-state index contributed by atoms with van der Waals surface area (Å²) in [5, 5.41) is 3.36. The fraction of sp³-hybridized carbons (Fsp3) is 0.562. The summed E-state index contributed by atoms with van der Waals surface area (Å²) in [6.07, 6.45) is 2.31. The van der Waals surface area contributed by atoms with Crippen LogP contribution < -0.4 is 5.32 Å². The molecule has 0 atom stereocenters. The fourth-order valence-corrected chi connectivity index (χ4v) is 2.67. The predicted octanol–water partition coefficient (Wildman–Crippen LogP) is 3.47. The number of aryl methyl sites for hydroxylation is 2. The summed E-state index contributed by atoms with van der Waals surface area (Å²) in [5.41, 5.74) is 3.77.